The van der Waals surface area contributed by atoms with Crippen LogP contribution in [0, 0.1) is 5.92 Å². The summed E-state index contributed by atoms with van der Waals surface area (Å²) in [5, 5.41) is 0. The van der Waals surface area contributed by atoms with Gasteiger partial charge in [-0.1, -0.05) is 0 Å². The summed E-state index contributed by atoms with van der Waals surface area (Å²) in [6.45, 7) is 1.96. The maximum Gasteiger partial charge on any atom is 0.281 e. The van der Waals surface area contributed by atoms with Gasteiger partial charge in [-0.3, -0.25) is 0 Å². The second-order valence-electron chi connectivity index (χ2n) is 4.21. The Morgan fingerprint density at radius 3 is 2.27 bits per heavy atom. The molecule has 1 aliphatic heterocycles. The van der Waals surface area contributed by atoms with Crippen molar-refractivity contribution in [2.75, 3.05) is 33.7 Å². The van der Waals surface area contributed by atoms with E-state index in [0.717, 1.165) is 19.3 Å². The van der Waals surface area contributed by atoms with Crippen molar-refractivity contribution in [3.05, 3.63) is 0 Å². The maximum atomic E-state index is 11.8. The molecular formula is C9H21N3O2S. The Morgan fingerprint density at radius 2 is 1.87 bits per heavy atom. The quantitative estimate of drug-likeness (QED) is 0.737. The van der Waals surface area contributed by atoms with Crippen molar-refractivity contribution >= 4 is 10.2 Å². The third-order valence-electron chi connectivity index (χ3n) is 2.94. The molecular weight excluding hydrogens is 214 g/mol. The first-order valence-corrected chi connectivity index (χ1v) is 6.76. The number of piperidine rings is 1. The van der Waals surface area contributed by atoms with Crippen molar-refractivity contribution in [2.24, 2.45) is 11.7 Å². The van der Waals surface area contributed by atoms with Crippen LogP contribution in [0.5, 0.6) is 0 Å². The molecule has 0 amide bonds. The van der Waals surface area contributed by atoms with E-state index in [-0.39, 0.29) is 0 Å². The summed E-state index contributed by atoms with van der Waals surface area (Å²) < 4.78 is 26.4. The van der Waals surface area contributed by atoms with Crippen molar-refractivity contribution in [1.82, 2.24) is 8.61 Å². The Labute approximate surface area is 92.4 Å². The highest BCUT2D eigenvalue weighted by atomic mass is 32.2. The van der Waals surface area contributed by atoms with Crippen molar-refractivity contribution in [3.63, 3.8) is 0 Å². The molecule has 0 atom stereocenters. The minimum absolute atomic E-state index is 0.601. The first kappa shape index (κ1) is 12.9. The van der Waals surface area contributed by atoms with E-state index in [2.05, 4.69) is 0 Å². The van der Waals surface area contributed by atoms with E-state index in [1.165, 1.54) is 4.31 Å². The van der Waals surface area contributed by atoms with Gasteiger partial charge < -0.3 is 5.73 Å². The molecule has 0 unspecified atom stereocenters. The number of rotatable bonds is 4. The molecule has 0 aliphatic carbocycles. The van der Waals surface area contributed by atoms with Crippen LogP contribution in [0.25, 0.3) is 0 Å². The lowest BCUT2D eigenvalue weighted by Gasteiger charge is -2.32. The summed E-state index contributed by atoms with van der Waals surface area (Å²) in [7, 11) is -0.0614. The lowest BCUT2D eigenvalue weighted by Crippen LogP contribution is -2.44. The van der Waals surface area contributed by atoms with Crippen molar-refractivity contribution in [1.29, 1.82) is 0 Å². The molecule has 0 spiro atoms. The first-order valence-electron chi connectivity index (χ1n) is 5.36. The van der Waals surface area contributed by atoms with Crippen LogP contribution in [0.4, 0.5) is 0 Å². The molecule has 1 heterocycles. The smallest absolute Gasteiger partial charge is 0.281 e. The molecule has 90 valence electrons. The van der Waals surface area contributed by atoms with E-state index >= 15 is 0 Å². The fourth-order valence-electron chi connectivity index (χ4n) is 1.90. The Balaban J connectivity index is 2.51. The van der Waals surface area contributed by atoms with Gasteiger partial charge in [0, 0.05) is 27.2 Å². The van der Waals surface area contributed by atoms with E-state index in [1.54, 1.807) is 18.4 Å². The van der Waals surface area contributed by atoms with Crippen LogP contribution in [0.3, 0.4) is 0 Å². The van der Waals surface area contributed by atoms with Gasteiger partial charge in [-0.15, -0.1) is 0 Å². The Hall–Kier alpha value is -0.170. The zero-order chi connectivity index (χ0) is 11.5. The monoisotopic (exact) mass is 235 g/mol. The van der Waals surface area contributed by atoms with Gasteiger partial charge in [-0.25, -0.2) is 0 Å². The second kappa shape index (κ2) is 5.25. The van der Waals surface area contributed by atoms with Gasteiger partial charge in [0.25, 0.3) is 10.2 Å². The fraction of sp³-hybridized carbons (Fsp3) is 1.00. The van der Waals surface area contributed by atoms with Gasteiger partial charge >= 0.3 is 0 Å². The van der Waals surface area contributed by atoms with E-state index in [0.29, 0.717) is 25.6 Å². The largest absolute Gasteiger partial charge is 0.330 e. The summed E-state index contributed by atoms with van der Waals surface area (Å²) in [4.78, 5) is 0. The summed E-state index contributed by atoms with van der Waals surface area (Å²) in [6.07, 6.45) is 2.88. The van der Waals surface area contributed by atoms with E-state index in [1.807, 2.05) is 0 Å². The Kier molecular flexibility index (Phi) is 4.51. The predicted octanol–water partition coefficient (Wildman–Crippen LogP) is -0.146. The molecule has 0 aromatic heterocycles. The van der Waals surface area contributed by atoms with Crippen molar-refractivity contribution < 1.29 is 8.42 Å². The fourth-order valence-corrected chi connectivity index (χ4v) is 3.03. The molecule has 5 nitrogen and oxygen atoms in total. The number of nitrogens with zero attached hydrogens (tertiary/aromatic N) is 2. The molecule has 0 aromatic rings. The Bertz CT molecular complexity index is 282. The zero-order valence-electron chi connectivity index (χ0n) is 9.52. The maximum absolute atomic E-state index is 11.8. The molecule has 0 aromatic carbocycles. The van der Waals surface area contributed by atoms with Crippen LogP contribution in [-0.4, -0.2) is 50.8 Å². The minimum Gasteiger partial charge on any atom is -0.330 e. The molecule has 1 fully saturated rings. The number of hydrogen-bond donors (Lipinski definition) is 1. The lowest BCUT2D eigenvalue weighted by atomic mass is 9.95. The van der Waals surface area contributed by atoms with Crippen LogP contribution in [0.2, 0.25) is 0 Å². The molecule has 0 saturated carbocycles. The first-order chi connectivity index (χ1) is 6.98. The third-order valence-corrected chi connectivity index (χ3v) is 4.88. The molecule has 1 aliphatic rings. The Morgan fingerprint density at radius 1 is 1.33 bits per heavy atom. The standard InChI is InChI=1S/C9H21N3O2S/c1-11(2)15(13,14)12-7-4-9(3-6-10)5-8-12/h9H,3-8,10H2,1-2H3. The van der Waals surface area contributed by atoms with Gasteiger partial charge in [0.15, 0.2) is 0 Å². The highest BCUT2D eigenvalue weighted by Crippen LogP contribution is 2.22. The van der Waals surface area contributed by atoms with Crippen molar-refractivity contribution in [3.8, 4) is 0 Å². The molecule has 2 N–H and O–H groups in total. The van der Waals surface area contributed by atoms with Crippen LogP contribution in [-0.2, 0) is 10.2 Å². The normalized spacial score (nSPS) is 21.1. The summed E-state index contributed by atoms with van der Waals surface area (Å²) in [6, 6.07) is 0. The summed E-state index contributed by atoms with van der Waals surface area (Å²) in [5.41, 5.74) is 5.49. The lowest BCUT2D eigenvalue weighted by molar-refractivity contribution is 0.255. The van der Waals surface area contributed by atoms with E-state index < -0.39 is 10.2 Å². The summed E-state index contributed by atoms with van der Waals surface area (Å²) >= 11 is 0. The van der Waals surface area contributed by atoms with E-state index in [9.17, 15) is 8.42 Å². The highest BCUT2D eigenvalue weighted by Gasteiger charge is 2.28. The molecule has 15 heavy (non-hydrogen) atoms. The topological polar surface area (TPSA) is 66.6 Å². The predicted molar refractivity (Wildman–Crippen MR) is 60.6 cm³/mol. The third kappa shape index (κ3) is 3.14. The van der Waals surface area contributed by atoms with Gasteiger partial charge in [-0.2, -0.15) is 17.0 Å². The molecule has 0 radical (unpaired) electrons. The average Bonchev–Trinajstić information content (AvgIpc) is 2.19. The number of nitrogens with two attached hydrogens (primary N) is 1. The second-order valence-corrected chi connectivity index (χ2v) is 6.35. The zero-order valence-corrected chi connectivity index (χ0v) is 10.3. The molecule has 1 saturated heterocycles. The minimum atomic E-state index is -3.20. The molecule has 1 rings (SSSR count). The van der Waals surface area contributed by atoms with Gasteiger partial charge in [-0.05, 0) is 31.7 Å². The van der Waals surface area contributed by atoms with Gasteiger partial charge in [0.2, 0.25) is 0 Å². The highest BCUT2D eigenvalue weighted by molar-refractivity contribution is 7.86. The van der Waals surface area contributed by atoms with Crippen LogP contribution >= 0.6 is 0 Å². The van der Waals surface area contributed by atoms with Crippen molar-refractivity contribution in [2.45, 2.75) is 19.3 Å². The van der Waals surface area contributed by atoms with Crippen LogP contribution in [0.15, 0.2) is 0 Å². The van der Waals surface area contributed by atoms with Crippen LogP contribution in [0.1, 0.15) is 19.3 Å². The summed E-state index contributed by atoms with van der Waals surface area (Å²) in [5.74, 6) is 0.601. The van der Waals surface area contributed by atoms with Gasteiger partial charge in [0.1, 0.15) is 0 Å². The van der Waals surface area contributed by atoms with Gasteiger partial charge in [0.05, 0.1) is 0 Å². The number of hydrogen-bond acceptors (Lipinski definition) is 3. The SMILES string of the molecule is CN(C)S(=O)(=O)N1CCC(CCN)CC1. The van der Waals surface area contributed by atoms with Crippen LogP contribution < -0.4 is 5.73 Å². The molecule has 6 heteroatoms. The molecule has 0 bridgehead atoms. The van der Waals surface area contributed by atoms with E-state index in [4.69, 9.17) is 5.73 Å². The average molecular weight is 235 g/mol.